The molecule has 84 valence electrons. The summed E-state index contributed by atoms with van der Waals surface area (Å²) in [5.74, 6) is 1.07. The van der Waals surface area contributed by atoms with Gasteiger partial charge in [-0.05, 0) is 32.4 Å². The molecule has 2 N–H and O–H groups in total. The van der Waals surface area contributed by atoms with Gasteiger partial charge in [0.1, 0.15) is 0 Å². The molecule has 0 aromatic rings. The van der Waals surface area contributed by atoms with Gasteiger partial charge >= 0.3 is 0 Å². The first-order chi connectivity index (χ1) is 6.74. The van der Waals surface area contributed by atoms with E-state index in [2.05, 4.69) is 25.1 Å². The van der Waals surface area contributed by atoms with Gasteiger partial charge in [0, 0.05) is 24.4 Å². The summed E-state index contributed by atoms with van der Waals surface area (Å²) in [5.41, 5.74) is 0. The summed E-state index contributed by atoms with van der Waals surface area (Å²) in [7, 11) is 0. The molecule has 0 rings (SSSR count). The van der Waals surface area contributed by atoms with Crippen LogP contribution in [0.4, 0.5) is 0 Å². The standard InChI is InChI=1S/C11H23NOS/c1-4-5-6-10(2)12-11(7-8-13)9-14-3/h4,10-13H,1,5-9H2,2-3H3. The van der Waals surface area contributed by atoms with Gasteiger partial charge in [-0.3, -0.25) is 0 Å². The maximum absolute atomic E-state index is 8.89. The summed E-state index contributed by atoms with van der Waals surface area (Å²) >= 11 is 1.82. The van der Waals surface area contributed by atoms with Crippen LogP contribution >= 0.6 is 11.8 Å². The number of aliphatic hydroxyl groups excluding tert-OH is 1. The van der Waals surface area contributed by atoms with Crippen LogP contribution in [0.1, 0.15) is 26.2 Å². The van der Waals surface area contributed by atoms with Gasteiger partial charge in [-0.25, -0.2) is 0 Å². The summed E-state index contributed by atoms with van der Waals surface area (Å²) in [6.07, 6.45) is 7.08. The number of nitrogens with one attached hydrogen (secondary N) is 1. The number of aliphatic hydroxyl groups is 1. The van der Waals surface area contributed by atoms with Crippen molar-refractivity contribution in [1.29, 1.82) is 0 Å². The first-order valence-corrected chi connectivity index (χ1v) is 6.60. The van der Waals surface area contributed by atoms with E-state index in [0.717, 1.165) is 25.0 Å². The van der Waals surface area contributed by atoms with Crippen molar-refractivity contribution in [3.05, 3.63) is 12.7 Å². The third kappa shape index (κ3) is 7.42. The van der Waals surface area contributed by atoms with E-state index in [1.165, 1.54) is 0 Å². The third-order valence-electron chi connectivity index (χ3n) is 2.17. The summed E-state index contributed by atoms with van der Waals surface area (Å²) in [6.45, 7) is 6.17. The molecule has 0 saturated heterocycles. The zero-order valence-electron chi connectivity index (χ0n) is 9.33. The second kappa shape index (κ2) is 9.56. The first-order valence-electron chi connectivity index (χ1n) is 5.21. The first kappa shape index (κ1) is 14.0. The highest BCUT2D eigenvalue weighted by Crippen LogP contribution is 2.05. The SMILES string of the molecule is C=CCCC(C)NC(CCO)CSC. The molecule has 0 spiro atoms. The van der Waals surface area contributed by atoms with Gasteiger partial charge in [-0.1, -0.05) is 6.08 Å². The lowest BCUT2D eigenvalue weighted by molar-refractivity contribution is 0.264. The topological polar surface area (TPSA) is 32.3 Å². The monoisotopic (exact) mass is 217 g/mol. The van der Waals surface area contributed by atoms with Gasteiger partial charge in [-0.15, -0.1) is 6.58 Å². The highest BCUT2D eigenvalue weighted by atomic mass is 32.2. The molecule has 3 heteroatoms. The van der Waals surface area contributed by atoms with Crippen LogP contribution < -0.4 is 5.32 Å². The fraction of sp³-hybridized carbons (Fsp3) is 0.818. The maximum Gasteiger partial charge on any atom is 0.0446 e. The predicted molar refractivity (Wildman–Crippen MR) is 65.9 cm³/mol. The second-order valence-corrected chi connectivity index (χ2v) is 4.51. The normalized spacial score (nSPS) is 15.1. The molecule has 0 aliphatic heterocycles. The maximum atomic E-state index is 8.89. The van der Waals surface area contributed by atoms with E-state index >= 15 is 0 Å². The molecular formula is C11H23NOS. The van der Waals surface area contributed by atoms with Crippen molar-refractivity contribution in [2.24, 2.45) is 0 Å². The van der Waals surface area contributed by atoms with Crippen LogP contribution in [-0.2, 0) is 0 Å². The summed E-state index contributed by atoms with van der Waals surface area (Å²) in [4.78, 5) is 0. The van der Waals surface area contributed by atoms with Crippen molar-refractivity contribution in [2.75, 3.05) is 18.6 Å². The summed E-state index contributed by atoms with van der Waals surface area (Å²) in [5, 5.41) is 12.4. The number of hydrogen-bond acceptors (Lipinski definition) is 3. The highest BCUT2D eigenvalue weighted by molar-refractivity contribution is 7.98. The van der Waals surface area contributed by atoms with E-state index in [1.807, 2.05) is 17.8 Å². The van der Waals surface area contributed by atoms with Crippen molar-refractivity contribution in [3.8, 4) is 0 Å². The lowest BCUT2D eigenvalue weighted by Crippen LogP contribution is -2.38. The number of allylic oxidation sites excluding steroid dienone is 1. The minimum atomic E-state index is 0.270. The molecule has 0 bridgehead atoms. The molecule has 2 unspecified atom stereocenters. The molecule has 0 saturated carbocycles. The third-order valence-corrected chi connectivity index (χ3v) is 2.91. The Morgan fingerprint density at radius 3 is 2.71 bits per heavy atom. The Morgan fingerprint density at radius 2 is 2.21 bits per heavy atom. The zero-order valence-corrected chi connectivity index (χ0v) is 10.1. The molecule has 14 heavy (non-hydrogen) atoms. The van der Waals surface area contributed by atoms with Gasteiger partial charge in [0.05, 0.1) is 0 Å². The predicted octanol–water partition coefficient (Wildman–Crippen LogP) is 2.04. The van der Waals surface area contributed by atoms with Crippen molar-refractivity contribution in [1.82, 2.24) is 5.32 Å². The molecule has 0 fully saturated rings. The van der Waals surface area contributed by atoms with Crippen LogP contribution in [-0.4, -0.2) is 35.8 Å². The van der Waals surface area contributed by atoms with Crippen LogP contribution in [0, 0.1) is 0 Å². The minimum Gasteiger partial charge on any atom is -0.396 e. The van der Waals surface area contributed by atoms with Crippen LogP contribution in [0.25, 0.3) is 0 Å². The van der Waals surface area contributed by atoms with Gasteiger partial charge < -0.3 is 10.4 Å². The molecule has 0 aromatic carbocycles. The molecule has 2 atom stereocenters. The van der Waals surface area contributed by atoms with Crippen LogP contribution in [0.5, 0.6) is 0 Å². The van der Waals surface area contributed by atoms with Crippen molar-refractivity contribution in [2.45, 2.75) is 38.3 Å². The minimum absolute atomic E-state index is 0.270. The Balaban J connectivity index is 3.69. The molecular weight excluding hydrogens is 194 g/mol. The molecule has 0 amide bonds. The van der Waals surface area contributed by atoms with Crippen molar-refractivity contribution >= 4 is 11.8 Å². The second-order valence-electron chi connectivity index (χ2n) is 3.60. The van der Waals surface area contributed by atoms with E-state index in [-0.39, 0.29) is 6.61 Å². The molecule has 0 aliphatic carbocycles. The average Bonchev–Trinajstić information content (AvgIpc) is 2.15. The Labute approximate surface area is 92.2 Å². The van der Waals surface area contributed by atoms with E-state index in [9.17, 15) is 0 Å². The highest BCUT2D eigenvalue weighted by Gasteiger charge is 2.10. The molecule has 0 heterocycles. The largest absolute Gasteiger partial charge is 0.396 e. The smallest absolute Gasteiger partial charge is 0.0446 e. The lowest BCUT2D eigenvalue weighted by atomic mass is 10.1. The van der Waals surface area contributed by atoms with Gasteiger partial charge in [-0.2, -0.15) is 11.8 Å². The number of hydrogen-bond donors (Lipinski definition) is 2. The molecule has 0 aromatic heterocycles. The summed E-state index contributed by atoms with van der Waals surface area (Å²) in [6, 6.07) is 0.950. The van der Waals surface area contributed by atoms with E-state index in [1.54, 1.807) is 0 Å². The van der Waals surface area contributed by atoms with Crippen molar-refractivity contribution in [3.63, 3.8) is 0 Å². The van der Waals surface area contributed by atoms with Gasteiger partial charge in [0.15, 0.2) is 0 Å². The quantitative estimate of drug-likeness (QED) is 0.580. The molecule has 2 nitrogen and oxygen atoms in total. The number of thioether (sulfide) groups is 1. The fourth-order valence-electron chi connectivity index (χ4n) is 1.43. The van der Waals surface area contributed by atoms with Gasteiger partial charge in [0.25, 0.3) is 0 Å². The zero-order chi connectivity index (χ0) is 10.8. The Morgan fingerprint density at radius 1 is 1.50 bits per heavy atom. The van der Waals surface area contributed by atoms with Crippen molar-refractivity contribution < 1.29 is 5.11 Å². The number of rotatable bonds is 9. The van der Waals surface area contributed by atoms with E-state index < -0.39 is 0 Å². The van der Waals surface area contributed by atoms with E-state index in [0.29, 0.717) is 12.1 Å². The van der Waals surface area contributed by atoms with Crippen LogP contribution in [0.2, 0.25) is 0 Å². The average molecular weight is 217 g/mol. The van der Waals surface area contributed by atoms with E-state index in [4.69, 9.17) is 5.11 Å². The lowest BCUT2D eigenvalue weighted by Gasteiger charge is -2.21. The Kier molecular flexibility index (Phi) is 9.57. The fourth-order valence-corrected chi connectivity index (χ4v) is 2.09. The Bertz CT molecular complexity index is 135. The van der Waals surface area contributed by atoms with Crippen LogP contribution in [0.3, 0.4) is 0 Å². The van der Waals surface area contributed by atoms with Crippen LogP contribution in [0.15, 0.2) is 12.7 Å². The van der Waals surface area contributed by atoms with Gasteiger partial charge in [0.2, 0.25) is 0 Å². The molecule has 0 aliphatic rings. The molecule has 0 radical (unpaired) electrons. The Hall–Kier alpha value is 0.0100. The summed E-state index contributed by atoms with van der Waals surface area (Å²) < 4.78 is 0.